The molecule has 0 aromatic carbocycles. The van der Waals surface area contributed by atoms with Crippen LogP contribution < -0.4 is 32.3 Å². The average molecular weight is 501 g/mol. The van der Waals surface area contributed by atoms with E-state index in [0.717, 1.165) is 0 Å². The predicted molar refractivity (Wildman–Crippen MR) is 122 cm³/mol. The Bertz CT molecular complexity index is 790. The molecule has 1 rings (SSSR count). The maximum atomic E-state index is 12.9. The Kier molecular flexibility index (Phi) is 12.7. The van der Waals surface area contributed by atoms with Crippen LogP contribution in [0.25, 0.3) is 0 Å². The summed E-state index contributed by atoms with van der Waals surface area (Å²) in [6, 6.07) is -2.93. The number of carboxylic acid groups (broad SMARTS) is 1. The van der Waals surface area contributed by atoms with Gasteiger partial charge in [-0.25, -0.2) is 0 Å². The maximum Gasteiger partial charge on any atom is 0.322 e. The quantitative estimate of drug-likeness (QED) is 0.112. The van der Waals surface area contributed by atoms with Crippen LogP contribution in [-0.4, -0.2) is 89.6 Å². The number of aliphatic hydroxyl groups is 1. The molecule has 4 atom stereocenters. The lowest BCUT2D eigenvalue weighted by Crippen LogP contribution is -2.55. The number of primary amides is 1. The minimum atomic E-state index is -1.25. The number of carbonyl (C=O) groups excluding carboxylic acids is 5. The molecule has 5 amide bonds. The Morgan fingerprint density at radius 2 is 1.60 bits per heavy atom. The van der Waals surface area contributed by atoms with Crippen molar-refractivity contribution in [2.45, 2.75) is 70.2 Å². The van der Waals surface area contributed by atoms with Crippen LogP contribution in [0.4, 0.5) is 0 Å². The molecule has 0 spiro atoms. The monoisotopic (exact) mass is 500 g/mol. The normalized spacial score (nSPS) is 18.9. The van der Waals surface area contributed by atoms with E-state index < -0.39 is 72.8 Å². The third-order valence-corrected chi connectivity index (χ3v) is 5.26. The van der Waals surface area contributed by atoms with Gasteiger partial charge in [-0.2, -0.15) is 0 Å². The average Bonchev–Trinajstić information content (AvgIpc) is 3.21. The van der Waals surface area contributed by atoms with Crippen LogP contribution in [0, 0.1) is 5.92 Å². The molecule has 14 nitrogen and oxygen atoms in total. The van der Waals surface area contributed by atoms with E-state index >= 15 is 0 Å². The first-order valence-corrected chi connectivity index (χ1v) is 11.5. The lowest BCUT2D eigenvalue weighted by Gasteiger charge is -2.23. The number of aliphatic hydroxyl groups excluding tert-OH is 1. The molecule has 198 valence electrons. The molecular weight excluding hydrogens is 464 g/mol. The number of hydrogen-bond acceptors (Lipinski definition) is 8. The van der Waals surface area contributed by atoms with E-state index in [1.165, 1.54) is 0 Å². The summed E-state index contributed by atoms with van der Waals surface area (Å²) in [7, 11) is 0. The van der Waals surface area contributed by atoms with Gasteiger partial charge in [-0.15, -0.1) is 0 Å². The molecule has 1 aliphatic heterocycles. The lowest BCUT2D eigenvalue weighted by molar-refractivity contribution is -0.138. The van der Waals surface area contributed by atoms with Crippen LogP contribution in [0.15, 0.2) is 0 Å². The smallest absolute Gasteiger partial charge is 0.322 e. The van der Waals surface area contributed by atoms with E-state index in [1.54, 1.807) is 0 Å². The molecule has 1 saturated heterocycles. The lowest BCUT2D eigenvalue weighted by atomic mass is 10.0. The molecular formula is C21H36N6O8. The standard InChI is InChI=1S/C21H36N6O8/c1-11(2)3-4-13(19(33)25-10-18(31)32)27-21(35)14(5-6-16(22)29)26-17(30)9-24-20(34)15-7-12(28)8-23-15/h11-15,23,28H,3-10H2,1-2H3,(H2,22,29)(H,24,34)(H,25,33)(H,26,30)(H,27,35)(H,31,32)/t12-,13+,14-,15+/m0/s1. The predicted octanol–water partition coefficient (Wildman–Crippen LogP) is -3.30. The molecule has 1 fully saturated rings. The minimum Gasteiger partial charge on any atom is -0.480 e. The molecule has 14 heteroatoms. The van der Waals surface area contributed by atoms with Gasteiger partial charge in [0.05, 0.1) is 18.7 Å². The molecule has 35 heavy (non-hydrogen) atoms. The van der Waals surface area contributed by atoms with Gasteiger partial charge in [-0.05, 0) is 31.6 Å². The first-order chi connectivity index (χ1) is 16.4. The Balaban J connectivity index is 2.77. The number of hydrogen-bond donors (Lipinski definition) is 8. The summed E-state index contributed by atoms with van der Waals surface area (Å²) in [5.74, 6) is -4.40. The van der Waals surface area contributed by atoms with Crippen LogP contribution >= 0.6 is 0 Å². The van der Waals surface area contributed by atoms with Crippen molar-refractivity contribution < 1.29 is 39.0 Å². The molecule has 0 aliphatic carbocycles. The Morgan fingerprint density at radius 1 is 0.943 bits per heavy atom. The first-order valence-electron chi connectivity index (χ1n) is 11.5. The Labute approximate surface area is 203 Å². The number of amides is 5. The third-order valence-electron chi connectivity index (χ3n) is 5.26. The summed E-state index contributed by atoms with van der Waals surface area (Å²) in [4.78, 5) is 71.7. The van der Waals surface area contributed by atoms with E-state index in [1.807, 2.05) is 13.8 Å². The molecule has 0 aromatic rings. The Hall–Kier alpha value is -3.26. The van der Waals surface area contributed by atoms with Crippen molar-refractivity contribution in [1.29, 1.82) is 0 Å². The van der Waals surface area contributed by atoms with E-state index in [-0.39, 0.29) is 38.1 Å². The fourth-order valence-electron chi connectivity index (χ4n) is 3.34. The maximum absolute atomic E-state index is 12.9. The van der Waals surface area contributed by atoms with Crippen LogP contribution in [-0.2, 0) is 28.8 Å². The van der Waals surface area contributed by atoms with Gasteiger partial charge in [-0.3, -0.25) is 28.8 Å². The zero-order chi connectivity index (χ0) is 26.5. The van der Waals surface area contributed by atoms with Crippen molar-refractivity contribution in [3.63, 3.8) is 0 Å². The largest absolute Gasteiger partial charge is 0.480 e. The molecule has 0 aromatic heterocycles. The molecule has 0 bridgehead atoms. The van der Waals surface area contributed by atoms with Gasteiger partial charge in [0, 0.05) is 13.0 Å². The van der Waals surface area contributed by atoms with Crippen molar-refractivity contribution in [3.05, 3.63) is 0 Å². The highest BCUT2D eigenvalue weighted by Crippen LogP contribution is 2.09. The van der Waals surface area contributed by atoms with Gasteiger partial charge in [0.15, 0.2) is 0 Å². The number of rotatable bonds is 15. The van der Waals surface area contributed by atoms with Gasteiger partial charge in [0.2, 0.25) is 29.5 Å². The zero-order valence-electron chi connectivity index (χ0n) is 20.0. The number of nitrogens with one attached hydrogen (secondary N) is 5. The topological polar surface area (TPSA) is 229 Å². The second kappa shape index (κ2) is 14.9. The van der Waals surface area contributed by atoms with E-state index in [4.69, 9.17) is 10.8 Å². The molecule has 1 aliphatic rings. The number of aliphatic carboxylic acids is 1. The van der Waals surface area contributed by atoms with Gasteiger partial charge in [0.25, 0.3) is 0 Å². The van der Waals surface area contributed by atoms with Crippen LogP contribution in [0.2, 0.25) is 0 Å². The second-order valence-corrected chi connectivity index (χ2v) is 8.84. The van der Waals surface area contributed by atoms with Gasteiger partial charge >= 0.3 is 5.97 Å². The van der Waals surface area contributed by atoms with Crippen LogP contribution in [0.3, 0.4) is 0 Å². The summed E-state index contributed by atoms with van der Waals surface area (Å²) in [5, 5.41) is 30.6. The summed E-state index contributed by atoms with van der Waals surface area (Å²) < 4.78 is 0. The van der Waals surface area contributed by atoms with E-state index in [0.29, 0.717) is 6.42 Å². The highest BCUT2D eigenvalue weighted by atomic mass is 16.4. The zero-order valence-corrected chi connectivity index (χ0v) is 20.0. The molecule has 0 radical (unpaired) electrons. The fourth-order valence-corrected chi connectivity index (χ4v) is 3.34. The molecule has 0 unspecified atom stereocenters. The van der Waals surface area contributed by atoms with Crippen molar-refractivity contribution >= 4 is 35.5 Å². The van der Waals surface area contributed by atoms with Crippen LogP contribution in [0.5, 0.6) is 0 Å². The summed E-state index contributed by atoms with van der Waals surface area (Å²) in [6.07, 6.45) is -0.0422. The van der Waals surface area contributed by atoms with Crippen molar-refractivity contribution in [2.75, 3.05) is 19.6 Å². The summed E-state index contributed by atoms with van der Waals surface area (Å²) >= 11 is 0. The third kappa shape index (κ3) is 12.1. The SMILES string of the molecule is CC(C)CC[C@@H](NC(=O)[C@H](CCC(N)=O)NC(=O)CNC(=O)[C@H]1C[C@H](O)CN1)C(=O)NCC(=O)O. The van der Waals surface area contributed by atoms with Crippen molar-refractivity contribution in [2.24, 2.45) is 11.7 Å². The highest BCUT2D eigenvalue weighted by molar-refractivity contribution is 5.94. The number of carboxylic acids is 1. The highest BCUT2D eigenvalue weighted by Gasteiger charge is 2.30. The Morgan fingerprint density at radius 3 is 2.14 bits per heavy atom. The van der Waals surface area contributed by atoms with E-state index in [2.05, 4.69) is 26.6 Å². The number of carbonyl (C=O) groups is 6. The number of β-amino-alcohol motifs (C(OH)–C–C–N with tert-alkyl or cyclic N) is 1. The van der Waals surface area contributed by atoms with Gasteiger partial charge in [0.1, 0.15) is 18.6 Å². The number of nitrogens with two attached hydrogens (primary N) is 1. The molecule has 9 N–H and O–H groups in total. The summed E-state index contributed by atoms with van der Waals surface area (Å²) in [5.41, 5.74) is 5.16. The van der Waals surface area contributed by atoms with E-state index in [9.17, 15) is 33.9 Å². The van der Waals surface area contributed by atoms with Gasteiger partial charge in [-0.1, -0.05) is 13.8 Å². The first kappa shape index (κ1) is 29.8. The fraction of sp³-hybridized carbons (Fsp3) is 0.714. The second-order valence-electron chi connectivity index (χ2n) is 8.84. The minimum absolute atomic E-state index is 0.148. The van der Waals surface area contributed by atoms with Gasteiger partial charge < -0.3 is 42.5 Å². The molecule has 0 saturated carbocycles. The van der Waals surface area contributed by atoms with Crippen molar-refractivity contribution in [1.82, 2.24) is 26.6 Å². The summed E-state index contributed by atoms with van der Waals surface area (Å²) in [6.45, 7) is 3.02. The van der Waals surface area contributed by atoms with Crippen molar-refractivity contribution in [3.8, 4) is 0 Å². The van der Waals surface area contributed by atoms with Crippen LogP contribution in [0.1, 0.15) is 46.0 Å². The molecule has 1 heterocycles.